The van der Waals surface area contributed by atoms with E-state index in [9.17, 15) is 8.42 Å². The largest absolute Gasteiger partial charge is 0.311 e. The predicted octanol–water partition coefficient (Wildman–Crippen LogP) is 1.69. The number of hydrogen-bond acceptors (Lipinski definition) is 4. The van der Waals surface area contributed by atoms with Crippen LogP contribution in [0.3, 0.4) is 0 Å². The third-order valence-corrected chi connectivity index (χ3v) is 4.76. The van der Waals surface area contributed by atoms with Crippen LogP contribution in [-0.2, 0) is 16.6 Å². The molecule has 0 aliphatic heterocycles. The monoisotopic (exact) mass is 302 g/mol. The minimum absolute atomic E-state index is 0.286. The van der Waals surface area contributed by atoms with Crippen molar-refractivity contribution >= 4 is 10.0 Å². The Labute approximate surface area is 121 Å². The molecule has 0 saturated carbocycles. The molecule has 0 aromatic carbocycles. The summed E-state index contributed by atoms with van der Waals surface area (Å²) < 4.78 is 27.3. The number of unbranched alkanes of at least 4 members (excludes halogenated alkanes) is 3. The average molecular weight is 302 g/mol. The molecule has 1 heterocycles. The van der Waals surface area contributed by atoms with Gasteiger partial charge < -0.3 is 5.32 Å². The summed E-state index contributed by atoms with van der Waals surface area (Å²) in [5.74, 6) is 0. The highest BCUT2D eigenvalue weighted by Gasteiger charge is 2.23. The molecule has 0 spiro atoms. The van der Waals surface area contributed by atoms with E-state index in [0.29, 0.717) is 24.5 Å². The summed E-state index contributed by atoms with van der Waals surface area (Å²) in [7, 11) is -3.48. The van der Waals surface area contributed by atoms with Gasteiger partial charge in [-0.15, -0.1) is 0 Å². The molecule has 7 heteroatoms. The summed E-state index contributed by atoms with van der Waals surface area (Å²) >= 11 is 0. The molecule has 0 aliphatic carbocycles. The third kappa shape index (κ3) is 4.88. The van der Waals surface area contributed by atoms with Gasteiger partial charge in [-0.1, -0.05) is 33.1 Å². The summed E-state index contributed by atoms with van der Waals surface area (Å²) in [5.41, 5.74) is 1.13. The Kier molecular flexibility index (Phi) is 7.18. The lowest BCUT2D eigenvalue weighted by molar-refractivity contribution is 0.570. The van der Waals surface area contributed by atoms with Crippen molar-refractivity contribution < 1.29 is 8.42 Å². The Hall–Kier alpha value is -0.920. The van der Waals surface area contributed by atoms with Gasteiger partial charge >= 0.3 is 0 Å². The molecule has 0 aliphatic rings. The minimum Gasteiger partial charge on any atom is -0.311 e. The Morgan fingerprint density at radius 1 is 1.20 bits per heavy atom. The Bertz CT molecular complexity index is 496. The second-order valence-corrected chi connectivity index (χ2v) is 6.57. The van der Waals surface area contributed by atoms with Crippen molar-refractivity contribution in [3.63, 3.8) is 0 Å². The van der Waals surface area contributed by atoms with Crippen molar-refractivity contribution in [1.82, 2.24) is 20.2 Å². The van der Waals surface area contributed by atoms with Gasteiger partial charge in [-0.05, 0) is 19.9 Å². The highest BCUT2D eigenvalue weighted by molar-refractivity contribution is 7.89. The summed E-state index contributed by atoms with van der Waals surface area (Å²) in [6, 6.07) is 0. The second kappa shape index (κ2) is 8.39. The molecule has 0 unspecified atom stereocenters. The van der Waals surface area contributed by atoms with Gasteiger partial charge in [0.25, 0.3) is 0 Å². The van der Waals surface area contributed by atoms with Gasteiger partial charge in [-0.3, -0.25) is 5.10 Å². The standard InChI is InChI=1S/C13H26N4O2S/c1-4-6-7-8-9-15-20(18,19)13-11(3)16-17-12(13)10-14-5-2/h14-15H,4-10H2,1-3H3,(H,16,17). The molecule has 0 radical (unpaired) electrons. The van der Waals surface area contributed by atoms with Crippen LogP contribution in [0.1, 0.15) is 50.9 Å². The number of aromatic amines is 1. The normalized spacial score (nSPS) is 11.9. The number of aromatic nitrogens is 2. The maximum absolute atomic E-state index is 12.3. The third-order valence-electron chi connectivity index (χ3n) is 3.09. The number of hydrogen-bond donors (Lipinski definition) is 3. The van der Waals surface area contributed by atoms with Crippen molar-refractivity contribution in [3.8, 4) is 0 Å². The molecule has 0 atom stereocenters. The molecule has 3 N–H and O–H groups in total. The first kappa shape index (κ1) is 17.1. The lowest BCUT2D eigenvalue weighted by Gasteiger charge is -2.08. The zero-order valence-electron chi connectivity index (χ0n) is 12.6. The number of aryl methyl sites for hydroxylation is 1. The fraction of sp³-hybridized carbons (Fsp3) is 0.769. The van der Waals surface area contributed by atoms with E-state index in [1.807, 2.05) is 6.92 Å². The maximum atomic E-state index is 12.3. The van der Waals surface area contributed by atoms with Crippen LogP contribution in [0.15, 0.2) is 4.90 Å². The summed E-state index contributed by atoms with van der Waals surface area (Å²) in [6.45, 7) is 7.54. The first-order chi connectivity index (χ1) is 9.53. The van der Waals surface area contributed by atoms with Crippen molar-refractivity contribution in [3.05, 3.63) is 11.4 Å². The van der Waals surface area contributed by atoms with E-state index >= 15 is 0 Å². The smallest absolute Gasteiger partial charge is 0.244 e. The van der Waals surface area contributed by atoms with Crippen LogP contribution in [0.5, 0.6) is 0 Å². The summed E-state index contributed by atoms with van der Waals surface area (Å²) in [5, 5.41) is 9.92. The van der Waals surface area contributed by atoms with Crippen molar-refractivity contribution in [2.75, 3.05) is 13.1 Å². The highest BCUT2D eigenvalue weighted by Crippen LogP contribution is 2.17. The van der Waals surface area contributed by atoms with Crippen molar-refractivity contribution in [1.29, 1.82) is 0 Å². The number of nitrogens with one attached hydrogen (secondary N) is 3. The summed E-state index contributed by atoms with van der Waals surface area (Å²) in [6.07, 6.45) is 4.19. The van der Waals surface area contributed by atoms with E-state index in [1.54, 1.807) is 6.92 Å². The number of rotatable bonds is 10. The Morgan fingerprint density at radius 3 is 2.60 bits per heavy atom. The molecule has 0 bridgehead atoms. The molecule has 0 amide bonds. The van der Waals surface area contributed by atoms with Gasteiger partial charge in [0, 0.05) is 13.1 Å². The van der Waals surface area contributed by atoms with Crippen LogP contribution in [0, 0.1) is 6.92 Å². The number of H-pyrrole nitrogens is 1. The topological polar surface area (TPSA) is 86.9 Å². The minimum atomic E-state index is -3.48. The molecule has 20 heavy (non-hydrogen) atoms. The maximum Gasteiger partial charge on any atom is 0.244 e. The average Bonchev–Trinajstić information content (AvgIpc) is 2.78. The van der Waals surface area contributed by atoms with Crippen LogP contribution in [0.25, 0.3) is 0 Å². The SMILES string of the molecule is CCCCCCNS(=O)(=O)c1c(CNCC)n[nH]c1C. The summed E-state index contributed by atoms with van der Waals surface area (Å²) in [4.78, 5) is 0.286. The van der Waals surface area contributed by atoms with Crippen LogP contribution in [-0.4, -0.2) is 31.7 Å². The second-order valence-electron chi connectivity index (χ2n) is 4.86. The Balaban J connectivity index is 2.68. The fourth-order valence-corrected chi connectivity index (χ4v) is 3.45. The molecule has 0 saturated heterocycles. The van der Waals surface area contributed by atoms with Gasteiger partial charge in [0.1, 0.15) is 4.90 Å². The molecule has 1 rings (SSSR count). The van der Waals surface area contributed by atoms with Gasteiger partial charge in [0.2, 0.25) is 10.0 Å². The molecular weight excluding hydrogens is 276 g/mol. The van der Waals surface area contributed by atoms with Gasteiger partial charge in [0.15, 0.2) is 0 Å². The molecule has 1 aromatic rings. The zero-order chi connectivity index (χ0) is 15.0. The van der Waals surface area contributed by atoms with E-state index in [0.717, 1.165) is 32.2 Å². The number of sulfonamides is 1. The molecule has 116 valence electrons. The van der Waals surface area contributed by atoms with E-state index < -0.39 is 10.0 Å². The molecule has 0 fully saturated rings. The van der Waals surface area contributed by atoms with Gasteiger partial charge in [-0.25, -0.2) is 13.1 Å². The number of nitrogens with zero attached hydrogens (tertiary/aromatic N) is 1. The quantitative estimate of drug-likeness (QED) is 0.574. The van der Waals surface area contributed by atoms with Gasteiger partial charge in [-0.2, -0.15) is 5.10 Å². The van der Waals surface area contributed by atoms with E-state index in [1.165, 1.54) is 0 Å². The van der Waals surface area contributed by atoms with E-state index in [2.05, 4.69) is 27.2 Å². The molecule has 6 nitrogen and oxygen atoms in total. The Morgan fingerprint density at radius 2 is 1.95 bits per heavy atom. The van der Waals surface area contributed by atoms with Crippen LogP contribution in [0.4, 0.5) is 0 Å². The fourth-order valence-electron chi connectivity index (χ4n) is 2.02. The molecule has 1 aromatic heterocycles. The van der Waals surface area contributed by atoms with E-state index in [-0.39, 0.29) is 4.90 Å². The first-order valence-corrected chi connectivity index (χ1v) is 8.75. The van der Waals surface area contributed by atoms with Crippen LogP contribution >= 0.6 is 0 Å². The lowest BCUT2D eigenvalue weighted by atomic mass is 10.2. The van der Waals surface area contributed by atoms with Crippen LogP contribution in [0.2, 0.25) is 0 Å². The van der Waals surface area contributed by atoms with Crippen molar-refractivity contribution in [2.45, 2.75) is 57.9 Å². The predicted molar refractivity (Wildman–Crippen MR) is 80.0 cm³/mol. The van der Waals surface area contributed by atoms with Gasteiger partial charge in [0.05, 0.1) is 11.4 Å². The zero-order valence-corrected chi connectivity index (χ0v) is 13.4. The lowest BCUT2D eigenvalue weighted by Crippen LogP contribution is -2.27. The van der Waals surface area contributed by atoms with E-state index in [4.69, 9.17) is 0 Å². The van der Waals surface area contributed by atoms with Crippen LogP contribution < -0.4 is 10.0 Å². The van der Waals surface area contributed by atoms with Crippen molar-refractivity contribution in [2.24, 2.45) is 0 Å². The highest BCUT2D eigenvalue weighted by atomic mass is 32.2. The first-order valence-electron chi connectivity index (χ1n) is 7.27. The molecular formula is C13H26N4O2S.